The van der Waals surface area contributed by atoms with E-state index in [9.17, 15) is 0 Å². The molecule has 0 saturated carbocycles. The van der Waals surface area contributed by atoms with E-state index in [0.29, 0.717) is 5.69 Å². The van der Waals surface area contributed by atoms with Crippen LogP contribution in [0.4, 0.5) is 5.69 Å². The van der Waals surface area contributed by atoms with E-state index in [2.05, 4.69) is 6.07 Å². The van der Waals surface area contributed by atoms with Crippen LogP contribution in [0, 0.1) is 6.92 Å². The molecule has 0 amide bonds. The standard InChI is InChI=1S/C10H13NO2/c1-6-2-7-4-8(5-12)13-10(7)9(11)3-6/h2-3,8,12H,4-5,11H2,1H3/t8-/m1/s1. The van der Waals surface area contributed by atoms with Crippen LogP contribution in [0.2, 0.25) is 0 Å². The molecule has 2 rings (SSSR count). The molecule has 1 atom stereocenters. The Bertz CT molecular complexity index is 336. The Morgan fingerprint density at radius 3 is 3.08 bits per heavy atom. The molecule has 1 aliphatic rings. The minimum Gasteiger partial charge on any atom is -0.485 e. The third-order valence-electron chi connectivity index (χ3n) is 2.27. The summed E-state index contributed by atoms with van der Waals surface area (Å²) in [5, 5.41) is 8.93. The van der Waals surface area contributed by atoms with E-state index in [1.165, 1.54) is 0 Å². The number of anilines is 1. The largest absolute Gasteiger partial charge is 0.485 e. The molecule has 3 heteroatoms. The average Bonchev–Trinajstić information content (AvgIpc) is 2.47. The summed E-state index contributed by atoms with van der Waals surface area (Å²) in [5.41, 5.74) is 8.70. The summed E-state index contributed by atoms with van der Waals surface area (Å²) < 4.78 is 5.47. The molecule has 0 saturated heterocycles. The average molecular weight is 179 g/mol. The molecule has 1 aromatic rings. The second kappa shape index (κ2) is 2.92. The number of hydrogen-bond acceptors (Lipinski definition) is 3. The lowest BCUT2D eigenvalue weighted by atomic mass is 10.1. The van der Waals surface area contributed by atoms with Gasteiger partial charge in [-0.2, -0.15) is 0 Å². The van der Waals surface area contributed by atoms with Crippen LogP contribution in [0.5, 0.6) is 5.75 Å². The number of benzene rings is 1. The fraction of sp³-hybridized carbons (Fsp3) is 0.400. The number of aliphatic hydroxyl groups is 1. The van der Waals surface area contributed by atoms with Crippen molar-refractivity contribution in [1.29, 1.82) is 0 Å². The molecule has 1 heterocycles. The summed E-state index contributed by atoms with van der Waals surface area (Å²) in [6, 6.07) is 3.94. The molecule has 1 aliphatic heterocycles. The van der Waals surface area contributed by atoms with Crippen LogP contribution in [0.25, 0.3) is 0 Å². The van der Waals surface area contributed by atoms with Gasteiger partial charge < -0.3 is 15.6 Å². The lowest BCUT2D eigenvalue weighted by Gasteiger charge is -2.07. The molecule has 0 aliphatic carbocycles. The number of aliphatic hydroxyl groups excluding tert-OH is 1. The number of nitrogen functional groups attached to an aromatic ring is 1. The summed E-state index contributed by atoms with van der Waals surface area (Å²) in [6.07, 6.45) is 0.650. The molecule has 3 nitrogen and oxygen atoms in total. The third kappa shape index (κ3) is 1.35. The minimum absolute atomic E-state index is 0.0488. The van der Waals surface area contributed by atoms with Gasteiger partial charge in [0.25, 0.3) is 0 Å². The Kier molecular flexibility index (Phi) is 1.88. The van der Waals surface area contributed by atoms with E-state index in [1.807, 2.05) is 13.0 Å². The predicted octanol–water partition coefficient (Wildman–Crippen LogP) is 0.873. The second-order valence-electron chi connectivity index (χ2n) is 3.47. The molecule has 13 heavy (non-hydrogen) atoms. The quantitative estimate of drug-likeness (QED) is 0.629. The van der Waals surface area contributed by atoms with Gasteiger partial charge in [0.1, 0.15) is 11.9 Å². The highest BCUT2D eigenvalue weighted by atomic mass is 16.5. The van der Waals surface area contributed by atoms with E-state index in [1.54, 1.807) is 0 Å². The molecule has 70 valence electrons. The number of fused-ring (bicyclic) bond motifs is 1. The highest BCUT2D eigenvalue weighted by molar-refractivity contribution is 5.60. The minimum atomic E-state index is -0.112. The number of hydrogen-bond donors (Lipinski definition) is 2. The second-order valence-corrected chi connectivity index (χ2v) is 3.47. The zero-order valence-corrected chi connectivity index (χ0v) is 7.58. The van der Waals surface area contributed by atoms with Crippen molar-refractivity contribution in [1.82, 2.24) is 0 Å². The molecule has 1 aromatic carbocycles. The monoisotopic (exact) mass is 179 g/mol. The van der Waals surface area contributed by atoms with Crippen LogP contribution in [0.3, 0.4) is 0 Å². The summed E-state index contributed by atoms with van der Waals surface area (Å²) in [4.78, 5) is 0. The third-order valence-corrected chi connectivity index (χ3v) is 2.27. The molecule has 0 spiro atoms. The van der Waals surface area contributed by atoms with Crippen LogP contribution >= 0.6 is 0 Å². The zero-order chi connectivity index (χ0) is 9.42. The molecular formula is C10H13NO2. The summed E-state index contributed by atoms with van der Waals surface area (Å²) in [6.45, 7) is 2.05. The van der Waals surface area contributed by atoms with Crippen LogP contribution in [0.1, 0.15) is 11.1 Å². The lowest BCUT2D eigenvalue weighted by Crippen LogP contribution is -2.17. The Hall–Kier alpha value is -1.22. The molecule has 0 bridgehead atoms. The van der Waals surface area contributed by atoms with Gasteiger partial charge in [0, 0.05) is 12.0 Å². The van der Waals surface area contributed by atoms with Gasteiger partial charge in [-0.3, -0.25) is 0 Å². The maximum Gasteiger partial charge on any atom is 0.146 e. The zero-order valence-electron chi connectivity index (χ0n) is 7.58. The van der Waals surface area contributed by atoms with Crippen molar-refractivity contribution in [2.75, 3.05) is 12.3 Å². The predicted molar refractivity (Wildman–Crippen MR) is 50.8 cm³/mol. The highest BCUT2D eigenvalue weighted by Crippen LogP contribution is 2.35. The van der Waals surface area contributed by atoms with Crippen LogP contribution in [-0.2, 0) is 6.42 Å². The Balaban J connectivity index is 2.40. The topological polar surface area (TPSA) is 55.5 Å². The fourth-order valence-corrected chi connectivity index (χ4v) is 1.73. The first-order valence-electron chi connectivity index (χ1n) is 4.37. The van der Waals surface area contributed by atoms with E-state index >= 15 is 0 Å². The summed E-state index contributed by atoms with van der Waals surface area (Å²) in [7, 11) is 0. The fourth-order valence-electron chi connectivity index (χ4n) is 1.73. The first kappa shape index (κ1) is 8.38. The molecule has 0 aromatic heterocycles. The SMILES string of the molecule is Cc1cc(N)c2c(c1)C[C@H](CO)O2. The Labute approximate surface area is 77.1 Å². The van der Waals surface area contributed by atoms with Crippen molar-refractivity contribution < 1.29 is 9.84 Å². The van der Waals surface area contributed by atoms with E-state index in [0.717, 1.165) is 23.3 Å². The maximum absolute atomic E-state index is 8.93. The van der Waals surface area contributed by atoms with Crippen LogP contribution in [0.15, 0.2) is 12.1 Å². The highest BCUT2D eigenvalue weighted by Gasteiger charge is 2.24. The molecule has 0 unspecified atom stereocenters. The smallest absolute Gasteiger partial charge is 0.146 e. The van der Waals surface area contributed by atoms with Crippen molar-refractivity contribution in [3.8, 4) is 5.75 Å². The van der Waals surface area contributed by atoms with Crippen molar-refractivity contribution >= 4 is 5.69 Å². The molecule has 0 fully saturated rings. The lowest BCUT2D eigenvalue weighted by molar-refractivity contribution is 0.135. The molecule has 3 N–H and O–H groups in total. The van der Waals surface area contributed by atoms with Gasteiger partial charge in [-0.05, 0) is 18.6 Å². The van der Waals surface area contributed by atoms with E-state index in [4.69, 9.17) is 15.6 Å². The summed E-state index contributed by atoms with van der Waals surface area (Å²) in [5.74, 6) is 0.754. The van der Waals surface area contributed by atoms with Gasteiger partial charge in [0.05, 0.1) is 12.3 Å². The number of nitrogens with two attached hydrogens (primary N) is 1. The van der Waals surface area contributed by atoms with E-state index in [-0.39, 0.29) is 12.7 Å². The van der Waals surface area contributed by atoms with Crippen molar-refractivity contribution in [2.45, 2.75) is 19.4 Å². The Morgan fingerprint density at radius 1 is 1.62 bits per heavy atom. The number of aryl methyl sites for hydroxylation is 1. The first-order chi connectivity index (χ1) is 6.20. The van der Waals surface area contributed by atoms with Crippen molar-refractivity contribution in [3.63, 3.8) is 0 Å². The van der Waals surface area contributed by atoms with Crippen LogP contribution in [-0.4, -0.2) is 17.8 Å². The maximum atomic E-state index is 8.93. The van der Waals surface area contributed by atoms with Gasteiger partial charge >= 0.3 is 0 Å². The van der Waals surface area contributed by atoms with Crippen molar-refractivity contribution in [3.05, 3.63) is 23.3 Å². The Morgan fingerprint density at radius 2 is 2.38 bits per heavy atom. The van der Waals surface area contributed by atoms with Crippen molar-refractivity contribution in [2.24, 2.45) is 0 Å². The van der Waals surface area contributed by atoms with Gasteiger partial charge in [-0.15, -0.1) is 0 Å². The van der Waals surface area contributed by atoms with Gasteiger partial charge in [0.2, 0.25) is 0 Å². The number of ether oxygens (including phenoxy) is 1. The molecule has 0 radical (unpaired) electrons. The molecular weight excluding hydrogens is 166 g/mol. The van der Waals surface area contributed by atoms with Crippen LogP contribution < -0.4 is 10.5 Å². The van der Waals surface area contributed by atoms with Gasteiger partial charge in [0.15, 0.2) is 0 Å². The van der Waals surface area contributed by atoms with E-state index < -0.39 is 0 Å². The number of rotatable bonds is 1. The van der Waals surface area contributed by atoms with Gasteiger partial charge in [-0.25, -0.2) is 0 Å². The van der Waals surface area contributed by atoms with Gasteiger partial charge in [-0.1, -0.05) is 6.07 Å². The first-order valence-corrected chi connectivity index (χ1v) is 4.37. The summed E-state index contributed by atoms with van der Waals surface area (Å²) >= 11 is 0. The normalized spacial score (nSPS) is 19.7.